The molecule has 0 aliphatic heterocycles. The molecule has 5 heteroatoms. The van der Waals surface area contributed by atoms with Gasteiger partial charge in [0.1, 0.15) is 12.3 Å². The van der Waals surface area contributed by atoms with E-state index in [1.807, 2.05) is 6.92 Å². The molecule has 1 heterocycles. The lowest BCUT2D eigenvalue weighted by atomic mass is 10.0. The van der Waals surface area contributed by atoms with Crippen molar-refractivity contribution < 1.29 is 13.5 Å². The molecule has 202 valence electrons. The Bertz CT molecular complexity index is 782. The largest absolute Gasteiger partial charge is 0.490 e. The van der Waals surface area contributed by atoms with E-state index in [1.165, 1.54) is 69.8 Å². The van der Waals surface area contributed by atoms with Crippen LogP contribution in [-0.4, -0.2) is 28.9 Å². The topological polar surface area (TPSA) is 35.0 Å². The number of aromatic nitrogens is 2. The minimum absolute atomic E-state index is 0.238. The molecule has 0 amide bonds. The van der Waals surface area contributed by atoms with Gasteiger partial charge in [-0.2, -0.15) is 0 Å². The molecule has 3 nitrogen and oxygen atoms in total. The number of aryl methyl sites for hydroxylation is 1. The molecule has 2 unspecified atom stereocenters. The average molecular weight is 503 g/mol. The van der Waals surface area contributed by atoms with E-state index in [0.29, 0.717) is 18.0 Å². The molecule has 0 saturated carbocycles. The van der Waals surface area contributed by atoms with E-state index in [1.54, 1.807) is 12.4 Å². The van der Waals surface area contributed by atoms with Crippen molar-refractivity contribution in [3.05, 3.63) is 42.2 Å². The van der Waals surface area contributed by atoms with Crippen molar-refractivity contribution in [1.29, 1.82) is 0 Å². The summed E-state index contributed by atoms with van der Waals surface area (Å²) >= 11 is 0. The third-order valence-electron chi connectivity index (χ3n) is 6.75. The summed E-state index contributed by atoms with van der Waals surface area (Å²) in [4.78, 5) is 8.81. The Morgan fingerprint density at radius 2 is 1.22 bits per heavy atom. The van der Waals surface area contributed by atoms with Crippen LogP contribution in [0.5, 0.6) is 5.75 Å². The molecule has 2 aromatic rings. The van der Waals surface area contributed by atoms with Gasteiger partial charge in [-0.15, -0.1) is 0 Å². The molecule has 0 spiro atoms. The quantitative estimate of drug-likeness (QED) is 0.159. The number of nitrogens with zero attached hydrogens (tertiary/aromatic N) is 2. The van der Waals surface area contributed by atoms with Crippen LogP contribution in [0.1, 0.15) is 116 Å². The fourth-order valence-electron chi connectivity index (χ4n) is 4.45. The van der Waals surface area contributed by atoms with E-state index in [-0.39, 0.29) is 25.9 Å². The Labute approximate surface area is 218 Å². The average Bonchev–Trinajstić information content (AvgIpc) is 2.89. The standard InChI is InChI=1S/C31H48F2N2O/c1-3-5-6-7-8-9-10-11-12-13-15-26-16-18-27(19-17-26)31-34-24-30(25-35-31)36-23-22-29(33)21-20-28(32)14-4-2/h16-19,24-25,28-29H,3-15,20-23H2,1-2H3. The summed E-state index contributed by atoms with van der Waals surface area (Å²) in [7, 11) is 0. The van der Waals surface area contributed by atoms with Gasteiger partial charge in [-0.3, -0.25) is 0 Å². The van der Waals surface area contributed by atoms with Crippen molar-refractivity contribution >= 4 is 0 Å². The molecule has 0 bridgehead atoms. The molecule has 36 heavy (non-hydrogen) atoms. The molecule has 0 aliphatic carbocycles. The van der Waals surface area contributed by atoms with Gasteiger partial charge in [0, 0.05) is 12.0 Å². The van der Waals surface area contributed by atoms with Crippen LogP contribution < -0.4 is 4.74 Å². The third kappa shape index (κ3) is 13.3. The maximum absolute atomic E-state index is 13.9. The lowest BCUT2D eigenvalue weighted by molar-refractivity contribution is 0.200. The number of hydrogen-bond donors (Lipinski definition) is 0. The van der Waals surface area contributed by atoms with Crippen molar-refractivity contribution in [3.8, 4) is 17.1 Å². The van der Waals surface area contributed by atoms with Crippen LogP contribution in [0.15, 0.2) is 36.7 Å². The molecule has 0 radical (unpaired) electrons. The van der Waals surface area contributed by atoms with Crippen LogP contribution in [0.25, 0.3) is 11.4 Å². The molecule has 0 fully saturated rings. The molecule has 1 aromatic heterocycles. The summed E-state index contributed by atoms with van der Waals surface area (Å²) in [5, 5.41) is 0. The first-order valence-corrected chi connectivity index (χ1v) is 14.4. The van der Waals surface area contributed by atoms with E-state index in [0.717, 1.165) is 18.4 Å². The van der Waals surface area contributed by atoms with E-state index in [9.17, 15) is 8.78 Å². The zero-order chi connectivity index (χ0) is 25.8. The highest BCUT2D eigenvalue weighted by Crippen LogP contribution is 2.20. The molecular formula is C31H48F2N2O. The van der Waals surface area contributed by atoms with Crippen LogP contribution in [0.4, 0.5) is 8.78 Å². The van der Waals surface area contributed by atoms with Crippen LogP contribution in [-0.2, 0) is 6.42 Å². The first-order chi connectivity index (χ1) is 17.6. The molecule has 0 N–H and O–H groups in total. The molecule has 0 saturated heterocycles. The van der Waals surface area contributed by atoms with Crippen LogP contribution in [0.2, 0.25) is 0 Å². The summed E-state index contributed by atoms with van der Waals surface area (Å²) in [5.41, 5.74) is 2.33. The number of unbranched alkanes of at least 4 members (excludes halogenated alkanes) is 9. The van der Waals surface area contributed by atoms with Crippen molar-refractivity contribution in [2.45, 2.75) is 129 Å². The fourth-order valence-corrected chi connectivity index (χ4v) is 4.45. The molecular weight excluding hydrogens is 454 g/mol. The zero-order valence-corrected chi connectivity index (χ0v) is 22.7. The second-order valence-electron chi connectivity index (χ2n) is 10.1. The number of rotatable bonds is 21. The van der Waals surface area contributed by atoms with Gasteiger partial charge < -0.3 is 4.74 Å². The van der Waals surface area contributed by atoms with Crippen molar-refractivity contribution in [1.82, 2.24) is 9.97 Å². The smallest absolute Gasteiger partial charge is 0.159 e. The number of alkyl halides is 2. The van der Waals surface area contributed by atoms with Crippen LogP contribution in [0.3, 0.4) is 0 Å². The highest BCUT2D eigenvalue weighted by Gasteiger charge is 2.12. The summed E-state index contributed by atoms with van der Waals surface area (Å²) in [6.45, 7) is 4.45. The number of halogens is 2. The second-order valence-corrected chi connectivity index (χ2v) is 10.1. The van der Waals surface area contributed by atoms with Gasteiger partial charge in [-0.25, -0.2) is 18.7 Å². The highest BCUT2D eigenvalue weighted by atomic mass is 19.1. The zero-order valence-electron chi connectivity index (χ0n) is 22.7. The predicted octanol–water partition coefficient (Wildman–Crippen LogP) is 9.63. The van der Waals surface area contributed by atoms with Crippen molar-refractivity contribution in [2.75, 3.05) is 6.61 Å². The van der Waals surface area contributed by atoms with Gasteiger partial charge in [0.05, 0.1) is 19.0 Å². The maximum atomic E-state index is 13.9. The van der Waals surface area contributed by atoms with Gasteiger partial charge in [0.2, 0.25) is 0 Å². The molecule has 2 atom stereocenters. The van der Waals surface area contributed by atoms with Crippen LogP contribution in [0, 0.1) is 0 Å². The SMILES string of the molecule is CCCCCCCCCCCCc1ccc(-c2ncc(OCCC(F)CCC(F)CCC)cn2)cc1. The summed E-state index contributed by atoms with van der Waals surface area (Å²) < 4.78 is 33.0. The normalized spacial score (nSPS) is 13.0. The van der Waals surface area contributed by atoms with Crippen molar-refractivity contribution in [3.63, 3.8) is 0 Å². The number of ether oxygens (including phenoxy) is 1. The Morgan fingerprint density at radius 1 is 0.667 bits per heavy atom. The van der Waals surface area contributed by atoms with Gasteiger partial charge >= 0.3 is 0 Å². The van der Waals surface area contributed by atoms with Crippen LogP contribution >= 0.6 is 0 Å². The van der Waals surface area contributed by atoms with E-state index in [2.05, 4.69) is 41.2 Å². The number of hydrogen-bond acceptors (Lipinski definition) is 3. The van der Waals surface area contributed by atoms with Gasteiger partial charge in [0.15, 0.2) is 11.6 Å². The Kier molecular flexibility index (Phi) is 16.0. The maximum Gasteiger partial charge on any atom is 0.159 e. The predicted molar refractivity (Wildman–Crippen MR) is 147 cm³/mol. The van der Waals surface area contributed by atoms with E-state index in [4.69, 9.17) is 4.74 Å². The van der Waals surface area contributed by atoms with E-state index >= 15 is 0 Å². The minimum atomic E-state index is -1.04. The first kappa shape index (κ1) is 30.2. The molecule has 0 aliphatic rings. The second kappa shape index (κ2) is 19.1. The van der Waals surface area contributed by atoms with Gasteiger partial charge in [0.25, 0.3) is 0 Å². The van der Waals surface area contributed by atoms with Crippen molar-refractivity contribution in [2.24, 2.45) is 0 Å². The monoisotopic (exact) mass is 502 g/mol. The highest BCUT2D eigenvalue weighted by molar-refractivity contribution is 5.55. The third-order valence-corrected chi connectivity index (χ3v) is 6.75. The lowest BCUT2D eigenvalue weighted by Crippen LogP contribution is -2.11. The van der Waals surface area contributed by atoms with Gasteiger partial charge in [-0.1, -0.05) is 102 Å². The Morgan fingerprint density at radius 3 is 1.81 bits per heavy atom. The Hall–Kier alpha value is -2.04. The van der Waals surface area contributed by atoms with E-state index < -0.39 is 12.3 Å². The fraction of sp³-hybridized carbons (Fsp3) is 0.677. The lowest BCUT2D eigenvalue weighted by Gasteiger charge is -2.11. The number of benzene rings is 1. The minimum Gasteiger partial charge on any atom is -0.490 e. The van der Waals surface area contributed by atoms with Gasteiger partial charge in [-0.05, 0) is 37.7 Å². The summed E-state index contributed by atoms with van der Waals surface area (Å²) in [6.07, 6.45) is 18.1. The summed E-state index contributed by atoms with van der Waals surface area (Å²) in [6, 6.07) is 8.49. The molecule has 1 aromatic carbocycles. The summed E-state index contributed by atoms with van der Waals surface area (Å²) in [5.74, 6) is 1.18. The Balaban J connectivity index is 1.61. The first-order valence-electron chi connectivity index (χ1n) is 14.4. The molecule has 2 rings (SSSR count).